The van der Waals surface area contributed by atoms with Crippen molar-refractivity contribution in [3.8, 4) is 5.75 Å². The van der Waals surface area contributed by atoms with Crippen molar-refractivity contribution in [2.75, 3.05) is 17.2 Å². The zero-order valence-electron chi connectivity index (χ0n) is 9.84. The van der Waals surface area contributed by atoms with Gasteiger partial charge in [-0.1, -0.05) is 5.16 Å². The Bertz CT molecular complexity index is 497. The maximum atomic E-state index is 5.35. The number of nitrogens with one attached hydrogen (secondary N) is 2. The highest BCUT2D eigenvalue weighted by Crippen LogP contribution is 2.15. The van der Waals surface area contributed by atoms with Gasteiger partial charge in [0.05, 0.1) is 6.61 Å². The number of rotatable bonds is 4. The van der Waals surface area contributed by atoms with Crippen LogP contribution in [0.1, 0.15) is 6.92 Å². The van der Waals surface area contributed by atoms with Gasteiger partial charge in [0, 0.05) is 11.8 Å². The average Bonchev–Trinajstić information content (AvgIpc) is 2.84. The molecule has 1 aromatic heterocycles. The number of ether oxygens (including phenoxy) is 1. The van der Waals surface area contributed by atoms with Crippen molar-refractivity contribution in [2.24, 2.45) is 0 Å². The lowest BCUT2D eigenvalue weighted by atomic mass is 10.3. The monoisotopic (exact) mass is 263 g/mol. The summed E-state index contributed by atoms with van der Waals surface area (Å²) in [5, 5.41) is 10.1. The molecule has 0 saturated carbocycles. The van der Waals surface area contributed by atoms with Crippen LogP contribution in [0.5, 0.6) is 5.75 Å². The quantitative estimate of drug-likeness (QED) is 0.827. The lowest BCUT2D eigenvalue weighted by molar-refractivity contribution is 0.340. The first kappa shape index (κ1) is 12.4. The predicted octanol–water partition coefficient (Wildman–Crippen LogP) is 2.88. The minimum atomic E-state index is 0.452. The number of nitrogens with zero attached hydrogens (tertiary/aromatic N) is 1. The molecule has 0 aliphatic carbocycles. The summed E-state index contributed by atoms with van der Waals surface area (Å²) >= 11 is 5.13. The van der Waals surface area contributed by atoms with Crippen molar-refractivity contribution in [2.45, 2.75) is 6.92 Å². The Balaban J connectivity index is 1.90. The molecule has 0 aliphatic heterocycles. The number of benzene rings is 1. The summed E-state index contributed by atoms with van der Waals surface area (Å²) in [5.74, 6) is 1.40. The van der Waals surface area contributed by atoms with Crippen molar-refractivity contribution in [1.29, 1.82) is 0 Å². The fraction of sp³-hybridized carbons (Fsp3) is 0.167. The van der Waals surface area contributed by atoms with E-state index in [0.717, 1.165) is 11.4 Å². The van der Waals surface area contributed by atoms with Gasteiger partial charge in [0.1, 0.15) is 12.0 Å². The van der Waals surface area contributed by atoms with E-state index in [1.165, 1.54) is 6.26 Å². The van der Waals surface area contributed by atoms with E-state index < -0.39 is 0 Å². The first-order valence-corrected chi connectivity index (χ1v) is 5.90. The van der Waals surface area contributed by atoms with Crippen LogP contribution < -0.4 is 15.4 Å². The van der Waals surface area contributed by atoms with Crippen LogP contribution in [0.15, 0.2) is 41.1 Å². The average molecular weight is 263 g/mol. The third-order valence-electron chi connectivity index (χ3n) is 2.10. The summed E-state index contributed by atoms with van der Waals surface area (Å²) < 4.78 is 10.0. The number of aromatic nitrogens is 1. The predicted molar refractivity (Wildman–Crippen MR) is 74.0 cm³/mol. The van der Waals surface area contributed by atoms with Crippen molar-refractivity contribution >= 4 is 28.8 Å². The molecule has 1 aromatic carbocycles. The van der Waals surface area contributed by atoms with E-state index in [0.29, 0.717) is 17.5 Å². The normalized spacial score (nSPS) is 9.83. The SMILES string of the molecule is CCOc1ccc(NC(=S)Nc2ccon2)cc1. The summed E-state index contributed by atoms with van der Waals surface area (Å²) in [6.45, 7) is 2.60. The molecule has 2 rings (SSSR count). The lowest BCUT2D eigenvalue weighted by Gasteiger charge is -2.09. The third-order valence-corrected chi connectivity index (χ3v) is 2.31. The molecule has 2 N–H and O–H groups in total. The molecule has 0 bridgehead atoms. The standard InChI is InChI=1S/C12H13N3O2S/c1-2-16-10-5-3-9(4-6-10)13-12(18)14-11-7-8-17-15-11/h3-8H,2H2,1H3,(H2,13,14,15,18). The van der Waals surface area contributed by atoms with E-state index in [9.17, 15) is 0 Å². The number of hydrogen-bond donors (Lipinski definition) is 2. The molecule has 2 aromatic rings. The Morgan fingerprint density at radius 3 is 2.67 bits per heavy atom. The van der Waals surface area contributed by atoms with Crippen LogP contribution in [0, 0.1) is 0 Å². The lowest BCUT2D eigenvalue weighted by Crippen LogP contribution is -2.19. The fourth-order valence-corrected chi connectivity index (χ4v) is 1.58. The molecule has 6 heteroatoms. The molecule has 1 heterocycles. The Kier molecular flexibility index (Phi) is 4.14. The van der Waals surface area contributed by atoms with Crippen LogP contribution in [0.3, 0.4) is 0 Å². The van der Waals surface area contributed by atoms with Gasteiger partial charge in [-0.3, -0.25) is 0 Å². The molecule has 0 radical (unpaired) electrons. The van der Waals surface area contributed by atoms with Gasteiger partial charge in [-0.15, -0.1) is 0 Å². The molecule has 0 atom stereocenters. The van der Waals surface area contributed by atoms with Gasteiger partial charge in [-0.05, 0) is 43.4 Å². The third kappa shape index (κ3) is 3.46. The van der Waals surface area contributed by atoms with E-state index in [1.54, 1.807) is 6.07 Å². The van der Waals surface area contributed by atoms with E-state index in [4.69, 9.17) is 21.5 Å². The molecule has 0 unspecified atom stereocenters. The summed E-state index contributed by atoms with van der Waals surface area (Å²) in [5.41, 5.74) is 0.874. The van der Waals surface area contributed by atoms with Gasteiger partial charge in [0.25, 0.3) is 0 Å². The van der Waals surface area contributed by atoms with E-state index in [1.807, 2.05) is 31.2 Å². The van der Waals surface area contributed by atoms with Crippen LogP contribution in [0.2, 0.25) is 0 Å². The highest BCUT2D eigenvalue weighted by atomic mass is 32.1. The van der Waals surface area contributed by atoms with Crippen molar-refractivity contribution in [3.63, 3.8) is 0 Å². The minimum Gasteiger partial charge on any atom is -0.494 e. The second kappa shape index (κ2) is 6.02. The molecule has 5 nitrogen and oxygen atoms in total. The maximum absolute atomic E-state index is 5.35. The van der Waals surface area contributed by atoms with Gasteiger partial charge < -0.3 is 19.9 Å². The van der Waals surface area contributed by atoms with E-state index in [-0.39, 0.29) is 0 Å². The smallest absolute Gasteiger partial charge is 0.176 e. The highest BCUT2D eigenvalue weighted by Gasteiger charge is 2.01. The van der Waals surface area contributed by atoms with E-state index >= 15 is 0 Å². The molecule has 0 fully saturated rings. The number of thiocarbonyl (C=S) groups is 1. The summed E-state index contributed by atoms with van der Waals surface area (Å²) in [4.78, 5) is 0. The van der Waals surface area contributed by atoms with Gasteiger partial charge in [-0.2, -0.15) is 0 Å². The second-order valence-electron chi connectivity index (χ2n) is 3.42. The number of hydrogen-bond acceptors (Lipinski definition) is 4. The fourth-order valence-electron chi connectivity index (χ4n) is 1.36. The highest BCUT2D eigenvalue weighted by molar-refractivity contribution is 7.80. The second-order valence-corrected chi connectivity index (χ2v) is 3.83. The largest absolute Gasteiger partial charge is 0.494 e. The van der Waals surface area contributed by atoms with Gasteiger partial charge in [-0.25, -0.2) is 0 Å². The Hall–Kier alpha value is -2.08. The molecular weight excluding hydrogens is 250 g/mol. The molecule has 18 heavy (non-hydrogen) atoms. The first-order valence-electron chi connectivity index (χ1n) is 5.49. The summed E-state index contributed by atoms with van der Waals surface area (Å²) in [6, 6.07) is 9.23. The molecule has 0 saturated heterocycles. The Morgan fingerprint density at radius 2 is 2.06 bits per heavy atom. The van der Waals surface area contributed by atoms with Crippen LogP contribution in [-0.4, -0.2) is 16.9 Å². The molecule has 0 aliphatic rings. The first-order chi connectivity index (χ1) is 8.78. The molecule has 94 valence electrons. The summed E-state index contributed by atoms with van der Waals surface area (Å²) in [6.07, 6.45) is 1.47. The molecular formula is C12H13N3O2S. The topological polar surface area (TPSA) is 59.3 Å². The Labute approximate surface area is 110 Å². The van der Waals surface area contributed by atoms with E-state index in [2.05, 4.69) is 15.8 Å². The van der Waals surface area contributed by atoms with Gasteiger partial charge in [0.15, 0.2) is 10.9 Å². The van der Waals surface area contributed by atoms with Crippen molar-refractivity contribution in [1.82, 2.24) is 5.16 Å². The Morgan fingerprint density at radius 1 is 1.28 bits per heavy atom. The van der Waals surface area contributed by atoms with Crippen LogP contribution in [0.4, 0.5) is 11.5 Å². The molecule has 0 amide bonds. The molecule has 0 spiro atoms. The van der Waals surface area contributed by atoms with Gasteiger partial charge >= 0.3 is 0 Å². The summed E-state index contributed by atoms with van der Waals surface area (Å²) in [7, 11) is 0. The van der Waals surface area contributed by atoms with Gasteiger partial charge in [0.2, 0.25) is 0 Å². The number of anilines is 2. The van der Waals surface area contributed by atoms with Crippen molar-refractivity contribution < 1.29 is 9.26 Å². The van der Waals surface area contributed by atoms with Crippen LogP contribution in [0.25, 0.3) is 0 Å². The zero-order chi connectivity index (χ0) is 12.8. The zero-order valence-corrected chi connectivity index (χ0v) is 10.7. The van der Waals surface area contributed by atoms with Crippen LogP contribution >= 0.6 is 12.2 Å². The van der Waals surface area contributed by atoms with Crippen LogP contribution in [-0.2, 0) is 0 Å². The minimum absolute atomic E-state index is 0.452. The van der Waals surface area contributed by atoms with Crippen molar-refractivity contribution in [3.05, 3.63) is 36.6 Å². The maximum Gasteiger partial charge on any atom is 0.176 e.